The molecule has 0 radical (unpaired) electrons. The summed E-state index contributed by atoms with van der Waals surface area (Å²) >= 11 is 15.2. The van der Waals surface area contributed by atoms with Gasteiger partial charge in [0, 0.05) is 33.6 Å². The zero-order valence-corrected chi connectivity index (χ0v) is 16.7. The summed E-state index contributed by atoms with van der Waals surface area (Å²) < 4.78 is 0.883. The van der Waals surface area contributed by atoms with E-state index in [0.717, 1.165) is 4.47 Å². The summed E-state index contributed by atoms with van der Waals surface area (Å²) in [4.78, 5) is 23.6. The molecule has 2 aromatic carbocycles. The molecule has 0 aliphatic heterocycles. The first-order chi connectivity index (χ1) is 12.4. The molecule has 2 rings (SSSR count). The maximum atomic E-state index is 11.9. The Bertz CT molecular complexity index is 828. The third-order valence-corrected chi connectivity index (χ3v) is 4.33. The number of halogens is 3. The van der Waals surface area contributed by atoms with Crippen molar-refractivity contribution in [1.29, 1.82) is 0 Å². The van der Waals surface area contributed by atoms with E-state index < -0.39 is 0 Å². The number of nitrogens with zero attached hydrogens (tertiary/aromatic N) is 1. The van der Waals surface area contributed by atoms with Gasteiger partial charge in [-0.15, -0.1) is 0 Å². The number of hydrazone groups is 1. The van der Waals surface area contributed by atoms with Crippen molar-refractivity contribution in [2.24, 2.45) is 5.10 Å². The predicted octanol–water partition coefficient (Wildman–Crippen LogP) is 5.02. The molecule has 0 spiro atoms. The highest BCUT2D eigenvalue weighted by Crippen LogP contribution is 2.19. The molecule has 0 saturated carbocycles. The Balaban J connectivity index is 1.70. The van der Waals surface area contributed by atoms with Crippen LogP contribution in [0.5, 0.6) is 0 Å². The van der Waals surface area contributed by atoms with Gasteiger partial charge < -0.3 is 5.32 Å². The summed E-state index contributed by atoms with van der Waals surface area (Å²) in [7, 11) is 0. The van der Waals surface area contributed by atoms with E-state index in [4.69, 9.17) is 23.2 Å². The minimum atomic E-state index is -0.276. The number of nitrogens with one attached hydrogen (secondary N) is 2. The molecule has 0 unspecified atom stereocenters. The average Bonchev–Trinajstić information content (AvgIpc) is 2.57. The van der Waals surface area contributed by atoms with Crippen molar-refractivity contribution in [3.63, 3.8) is 0 Å². The number of hydrogen-bond acceptors (Lipinski definition) is 3. The van der Waals surface area contributed by atoms with Crippen molar-refractivity contribution in [1.82, 2.24) is 5.43 Å². The van der Waals surface area contributed by atoms with Crippen molar-refractivity contribution in [3.8, 4) is 0 Å². The molecular formula is C18H16BrCl2N3O2. The predicted molar refractivity (Wildman–Crippen MR) is 109 cm³/mol. The van der Waals surface area contributed by atoms with Crippen molar-refractivity contribution in [2.45, 2.75) is 19.3 Å². The van der Waals surface area contributed by atoms with E-state index in [2.05, 4.69) is 31.8 Å². The quantitative estimate of drug-likeness (QED) is 0.453. The second-order valence-corrected chi connectivity index (χ2v) is 7.13. The van der Waals surface area contributed by atoms with Crippen LogP contribution in [0.4, 0.5) is 5.69 Å². The highest BCUT2D eigenvalue weighted by molar-refractivity contribution is 9.10. The third kappa shape index (κ3) is 7.15. The number of anilines is 1. The maximum absolute atomic E-state index is 11.9. The molecule has 8 heteroatoms. The fourth-order valence-electron chi connectivity index (χ4n) is 2.04. The van der Waals surface area contributed by atoms with E-state index in [1.165, 1.54) is 6.21 Å². The van der Waals surface area contributed by atoms with Gasteiger partial charge in [-0.2, -0.15) is 5.10 Å². The van der Waals surface area contributed by atoms with Gasteiger partial charge in [0.15, 0.2) is 0 Å². The lowest BCUT2D eigenvalue weighted by Gasteiger charge is -2.05. The van der Waals surface area contributed by atoms with Gasteiger partial charge in [-0.05, 0) is 36.8 Å². The summed E-state index contributed by atoms with van der Waals surface area (Å²) in [5.74, 6) is -0.422. The van der Waals surface area contributed by atoms with E-state index in [-0.39, 0.29) is 24.7 Å². The van der Waals surface area contributed by atoms with E-state index in [9.17, 15) is 9.59 Å². The Hall–Kier alpha value is -1.89. The standard InChI is InChI=1S/C18H16BrCl2N3O2/c19-13-3-1-4-15(9-13)23-17(25)5-2-6-18(26)24-22-11-12-7-8-14(20)10-16(12)21/h1,3-4,7-11H,2,5-6H2,(H,23,25)(H,24,26)/b22-11-. The Morgan fingerprint density at radius 2 is 1.85 bits per heavy atom. The number of amides is 2. The van der Waals surface area contributed by atoms with E-state index in [0.29, 0.717) is 27.7 Å². The molecule has 0 saturated heterocycles. The van der Waals surface area contributed by atoms with Crippen LogP contribution in [-0.2, 0) is 9.59 Å². The Kier molecular flexibility index (Phi) is 8.09. The van der Waals surface area contributed by atoms with Crippen LogP contribution in [0.1, 0.15) is 24.8 Å². The van der Waals surface area contributed by atoms with Crippen LogP contribution in [0.25, 0.3) is 0 Å². The minimum Gasteiger partial charge on any atom is -0.326 e. The normalized spacial score (nSPS) is 10.7. The molecule has 0 aliphatic rings. The summed E-state index contributed by atoms with van der Waals surface area (Å²) in [6.07, 6.45) is 2.30. The molecule has 0 fully saturated rings. The molecule has 2 N–H and O–H groups in total. The lowest BCUT2D eigenvalue weighted by atomic mass is 10.2. The monoisotopic (exact) mass is 455 g/mol. The topological polar surface area (TPSA) is 70.6 Å². The van der Waals surface area contributed by atoms with Crippen LogP contribution in [0.3, 0.4) is 0 Å². The van der Waals surface area contributed by atoms with Gasteiger partial charge in [-0.1, -0.05) is 51.3 Å². The summed E-state index contributed by atoms with van der Waals surface area (Å²) in [5, 5.41) is 7.60. The van der Waals surface area contributed by atoms with Gasteiger partial charge in [-0.3, -0.25) is 9.59 Å². The Labute approximate surface area is 169 Å². The lowest BCUT2D eigenvalue weighted by Crippen LogP contribution is -2.18. The number of rotatable bonds is 7. The van der Waals surface area contributed by atoms with Crippen LogP contribution in [0.2, 0.25) is 10.0 Å². The van der Waals surface area contributed by atoms with Crippen LogP contribution in [-0.4, -0.2) is 18.0 Å². The molecule has 0 bridgehead atoms. The minimum absolute atomic E-state index is 0.146. The zero-order chi connectivity index (χ0) is 18.9. The van der Waals surface area contributed by atoms with Crippen molar-refractivity contribution in [2.75, 3.05) is 5.32 Å². The van der Waals surface area contributed by atoms with E-state index in [1.807, 2.05) is 12.1 Å². The summed E-state index contributed by atoms with van der Waals surface area (Å²) in [6.45, 7) is 0. The molecule has 2 amide bonds. The maximum Gasteiger partial charge on any atom is 0.240 e. The average molecular weight is 457 g/mol. The van der Waals surface area contributed by atoms with Gasteiger partial charge >= 0.3 is 0 Å². The first-order valence-corrected chi connectivity index (χ1v) is 9.31. The van der Waals surface area contributed by atoms with Crippen LogP contribution < -0.4 is 10.7 Å². The number of hydrogen-bond donors (Lipinski definition) is 2. The first-order valence-electron chi connectivity index (χ1n) is 7.76. The van der Waals surface area contributed by atoms with Crippen molar-refractivity contribution in [3.05, 3.63) is 62.5 Å². The fourth-order valence-corrected chi connectivity index (χ4v) is 2.89. The van der Waals surface area contributed by atoms with Gasteiger partial charge in [0.05, 0.1) is 11.2 Å². The highest BCUT2D eigenvalue weighted by atomic mass is 79.9. The van der Waals surface area contributed by atoms with Crippen molar-refractivity contribution >= 4 is 62.8 Å². The zero-order valence-electron chi connectivity index (χ0n) is 13.6. The van der Waals surface area contributed by atoms with E-state index in [1.54, 1.807) is 30.3 Å². The molecule has 0 atom stereocenters. The molecule has 136 valence electrons. The second kappa shape index (κ2) is 10.3. The lowest BCUT2D eigenvalue weighted by molar-refractivity contribution is -0.121. The number of carbonyl (C=O) groups is 2. The SMILES string of the molecule is O=C(CCCC(=O)Nc1cccc(Br)c1)N/N=C\c1ccc(Cl)cc1Cl. The van der Waals surface area contributed by atoms with E-state index >= 15 is 0 Å². The molecule has 5 nitrogen and oxygen atoms in total. The first kappa shape index (κ1) is 20.4. The summed E-state index contributed by atoms with van der Waals surface area (Å²) in [5.41, 5.74) is 3.75. The molecule has 2 aromatic rings. The summed E-state index contributed by atoms with van der Waals surface area (Å²) in [6, 6.07) is 12.3. The largest absolute Gasteiger partial charge is 0.326 e. The second-order valence-electron chi connectivity index (χ2n) is 5.37. The molecule has 26 heavy (non-hydrogen) atoms. The molecule has 0 aromatic heterocycles. The van der Waals surface area contributed by atoms with Gasteiger partial charge in [0.25, 0.3) is 0 Å². The van der Waals surface area contributed by atoms with Crippen LogP contribution in [0.15, 0.2) is 52.0 Å². The Morgan fingerprint density at radius 3 is 2.58 bits per heavy atom. The highest BCUT2D eigenvalue weighted by Gasteiger charge is 2.06. The molecule has 0 heterocycles. The van der Waals surface area contributed by atoms with Gasteiger partial charge in [0.2, 0.25) is 11.8 Å². The van der Waals surface area contributed by atoms with Gasteiger partial charge in [-0.25, -0.2) is 5.43 Å². The third-order valence-electron chi connectivity index (χ3n) is 3.27. The van der Waals surface area contributed by atoms with Crippen LogP contribution >= 0.6 is 39.1 Å². The van der Waals surface area contributed by atoms with Gasteiger partial charge in [0.1, 0.15) is 0 Å². The Morgan fingerprint density at radius 1 is 1.08 bits per heavy atom. The number of carbonyl (C=O) groups excluding carboxylic acids is 2. The number of benzene rings is 2. The fraction of sp³-hybridized carbons (Fsp3) is 0.167. The van der Waals surface area contributed by atoms with Crippen LogP contribution in [0, 0.1) is 0 Å². The molecular weight excluding hydrogens is 441 g/mol. The smallest absolute Gasteiger partial charge is 0.240 e. The molecule has 0 aliphatic carbocycles. The van der Waals surface area contributed by atoms with Crippen molar-refractivity contribution < 1.29 is 9.59 Å².